The van der Waals surface area contributed by atoms with E-state index in [-0.39, 0.29) is 19.0 Å². The van der Waals surface area contributed by atoms with Crippen LogP contribution in [0.15, 0.2) is 22.7 Å². The third-order valence-electron chi connectivity index (χ3n) is 2.31. The molecule has 0 aliphatic rings. The molecule has 2 amide bonds. The van der Waals surface area contributed by atoms with E-state index in [2.05, 4.69) is 26.6 Å². The van der Waals surface area contributed by atoms with Crippen LogP contribution in [0.4, 0.5) is 4.79 Å². The van der Waals surface area contributed by atoms with Crippen LogP contribution in [-0.4, -0.2) is 30.2 Å². The van der Waals surface area contributed by atoms with Gasteiger partial charge >= 0.3 is 12.0 Å². The van der Waals surface area contributed by atoms with Crippen molar-refractivity contribution in [3.8, 4) is 0 Å². The van der Waals surface area contributed by atoms with Gasteiger partial charge in [-0.15, -0.1) is 0 Å². The molecule has 0 aromatic heterocycles. The Morgan fingerprint density at radius 2 is 1.95 bits per heavy atom. The largest absolute Gasteiger partial charge is 0.481 e. The number of carboxylic acid groups (broad SMARTS) is 1. The molecule has 0 atom stereocenters. The van der Waals surface area contributed by atoms with Crippen molar-refractivity contribution in [3.05, 3.63) is 33.3 Å². The highest BCUT2D eigenvalue weighted by atomic mass is 79.9. The van der Waals surface area contributed by atoms with Gasteiger partial charge in [0.2, 0.25) is 0 Å². The molecule has 5 nitrogen and oxygen atoms in total. The molecule has 0 spiro atoms. The minimum absolute atomic E-state index is 0.0900. The highest BCUT2D eigenvalue weighted by Crippen LogP contribution is 2.21. The van der Waals surface area contributed by atoms with E-state index in [0.29, 0.717) is 18.0 Å². The van der Waals surface area contributed by atoms with Gasteiger partial charge in [0.25, 0.3) is 0 Å². The first-order chi connectivity index (χ1) is 8.99. The average Bonchev–Trinajstić information content (AvgIpc) is 2.33. The average molecular weight is 350 g/mol. The summed E-state index contributed by atoms with van der Waals surface area (Å²) in [4.78, 5) is 21.6. The molecule has 0 bridgehead atoms. The standard InChI is InChI=1S/C12H14BrClN2O3/c13-10-2-1-9(14)7-8(10)3-5-15-12(19)16-6-4-11(17)18/h1-2,7H,3-6H2,(H,17,18)(H2,15,16,19). The molecule has 104 valence electrons. The molecule has 0 saturated heterocycles. The molecule has 3 N–H and O–H groups in total. The normalized spacial score (nSPS) is 10.0. The SMILES string of the molecule is O=C(O)CCNC(=O)NCCc1cc(Cl)ccc1Br. The zero-order valence-corrected chi connectivity index (χ0v) is 12.4. The van der Waals surface area contributed by atoms with Gasteiger partial charge in [-0.3, -0.25) is 4.79 Å². The van der Waals surface area contributed by atoms with Gasteiger partial charge in [0.05, 0.1) is 6.42 Å². The maximum absolute atomic E-state index is 11.3. The third kappa shape index (κ3) is 6.45. The number of carboxylic acids is 1. The van der Waals surface area contributed by atoms with Gasteiger partial charge in [0.1, 0.15) is 0 Å². The van der Waals surface area contributed by atoms with Crippen molar-refractivity contribution >= 4 is 39.5 Å². The number of carbonyl (C=O) groups is 2. The maximum Gasteiger partial charge on any atom is 0.314 e. The molecule has 19 heavy (non-hydrogen) atoms. The topological polar surface area (TPSA) is 78.4 Å². The summed E-state index contributed by atoms with van der Waals surface area (Å²) in [6.45, 7) is 0.555. The summed E-state index contributed by atoms with van der Waals surface area (Å²) < 4.78 is 0.935. The van der Waals surface area contributed by atoms with E-state index in [4.69, 9.17) is 16.7 Å². The predicted molar refractivity (Wildman–Crippen MR) is 76.5 cm³/mol. The minimum Gasteiger partial charge on any atom is -0.481 e. The summed E-state index contributed by atoms with van der Waals surface area (Å²) in [5.74, 6) is -0.942. The number of benzene rings is 1. The smallest absolute Gasteiger partial charge is 0.314 e. The van der Waals surface area contributed by atoms with Crippen molar-refractivity contribution in [1.82, 2.24) is 10.6 Å². The summed E-state index contributed by atoms with van der Waals surface area (Å²) in [5.41, 5.74) is 0.998. The van der Waals surface area contributed by atoms with Crippen LogP contribution in [0.5, 0.6) is 0 Å². The van der Waals surface area contributed by atoms with Crippen LogP contribution in [0.1, 0.15) is 12.0 Å². The van der Waals surface area contributed by atoms with E-state index in [0.717, 1.165) is 10.0 Å². The monoisotopic (exact) mass is 348 g/mol. The molecule has 0 unspecified atom stereocenters. The summed E-state index contributed by atoms with van der Waals surface area (Å²) >= 11 is 9.28. The molecule has 0 aliphatic carbocycles. The van der Waals surface area contributed by atoms with E-state index in [1.54, 1.807) is 6.07 Å². The van der Waals surface area contributed by atoms with Crippen LogP contribution >= 0.6 is 27.5 Å². The lowest BCUT2D eigenvalue weighted by Gasteiger charge is -2.08. The zero-order valence-electron chi connectivity index (χ0n) is 10.1. The van der Waals surface area contributed by atoms with Crippen LogP contribution in [-0.2, 0) is 11.2 Å². The van der Waals surface area contributed by atoms with Crippen molar-refractivity contribution < 1.29 is 14.7 Å². The molecular weight excluding hydrogens is 336 g/mol. The number of nitrogens with one attached hydrogen (secondary N) is 2. The molecule has 0 fully saturated rings. The Hall–Kier alpha value is -1.27. The van der Waals surface area contributed by atoms with Crippen molar-refractivity contribution in [2.45, 2.75) is 12.8 Å². The summed E-state index contributed by atoms with van der Waals surface area (Å²) in [6.07, 6.45) is 0.542. The number of urea groups is 1. The van der Waals surface area contributed by atoms with Crippen LogP contribution in [0.2, 0.25) is 5.02 Å². The molecule has 0 heterocycles. The fourth-order valence-corrected chi connectivity index (χ4v) is 2.03. The van der Waals surface area contributed by atoms with Crippen molar-refractivity contribution in [2.24, 2.45) is 0 Å². The van der Waals surface area contributed by atoms with Crippen molar-refractivity contribution in [1.29, 1.82) is 0 Å². The highest BCUT2D eigenvalue weighted by molar-refractivity contribution is 9.10. The number of hydrogen-bond donors (Lipinski definition) is 3. The summed E-state index contributed by atoms with van der Waals surface area (Å²) in [5, 5.41) is 14.2. The predicted octanol–water partition coefficient (Wildman–Crippen LogP) is 2.42. The third-order valence-corrected chi connectivity index (χ3v) is 3.32. The lowest BCUT2D eigenvalue weighted by atomic mass is 10.1. The molecule has 1 aromatic carbocycles. The summed E-state index contributed by atoms with van der Waals surface area (Å²) in [6, 6.07) is 5.08. The lowest BCUT2D eigenvalue weighted by molar-refractivity contribution is -0.136. The van der Waals surface area contributed by atoms with Gasteiger partial charge in [-0.25, -0.2) is 4.79 Å². The van der Waals surface area contributed by atoms with E-state index in [1.807, 2.05) is 12.1 Å². The van der Waals surface area contributed by atoms with Crippen molar-refractivity contribution in [3.63, 3.8) is 0 Å². The Labute approximate surface area is 124 Å². The van der Waals surface area contributed by atoms with Crippen LogP contribution < -0.4 is 10.6 Å². The fourth-order valence-electron chi connectivity index (χ4n) is 1.39. The second kappa shape index (κ2) is 8.01. The number of rotatable bonds is 6. The molecule has 0 radical (unpaired) electrons. The Kier molecular flexibility index (Phi) is 6.66. The van der Waals surface area contributed by atoms with Gasteiger partial charge in [-0.05, 0) is 30.2 Å². The van der Waals surface area contributed by atoms with E-state index >= 15 is 0 Å². The number of aliphatic carboxylic acids is 1. The second-order valence-corrected chi connectivity index (χ2v) is 5.10. The second-order valence-electron chi connectivity index (χ2n) is 3.81. The quantitative estimate of drug-likeness (QED) is 0.738. The van der Waals surface area contributed by atoms with Crippen LogP contribution in [0.3, 0.4) is 0 Å². The molecule has 0 saturated carbocycles. The van der Waals surface area contributed by atoms with Gasteiger partial charge in [-0.2, -0.15) is 0 Å². The molecule has 1 aromatic rings. The number of hydrogen-bond acceptors (Lipinski definition) is 2. The van der Waals surface area contributed by atoms with Gasteiger partial charge in [0.15, 0.2) is 0 Å². The first-order valence-corrected chi connectivity index (χ1v) is 6.83. The van der Waals surface area contributed by atoms with Crippen LogP contribution in [0, 0.1) is 0 Å². The Balaban J connectivity index is 2.28. The fraction of sp³-hybridized carbons (Fsp3) is 0.333. The van der Waals surface area contributed by atoms with E-state index in [9.17, 15) is 9.59 Å². The van der Waals surface area contributed by atoms with E-state index in [1.165, 1.54) is 0 Å². The first kappa shape index (κ1) is 15.8. The Morgan fingerprint density at radius 1 is 1.26 bits per heavy atom. The Bertz CT molecular complexity index is 468. The first-order valence-electron chi connectivity index (χ1n) is 5.66. The molecule has 1 rings (SSSR count). The van der Waals surface area contributed by atoms with Gasteiger partial charge < -0.3 is 15.7 Å². The minimum atomic E-state index is -0.942. The number of carbonyl (C=O) groups excluding carboxylic acids is 1. The summed E-state index contributed by atoms with van der Waals surface area (Å²) in [7, 11) is 0. The van der Waals surface area contributed by atoms with Gasteiger partial charge in [0, 0.05) is 22.6 Å². The van der Waals surface area contributed by atoms with E-state index < -0.39 is 5.97 Å². The molecular formula is C12H14BrClN2O3. The highest BCUT2D eigenvalue weighted by Gasteiger charge is 2.04. The zero-order chi connectivity index (χ0) is 14.3. The molecule has 0 aliphatic heterocycles. The maximum atomic E-state index is 11.3. The Morgan fingerprint density at radius 3 is 2.63 bits per heavy atom. The lowest BCUT2D eigenvalue weighted by Crippen LogP contribution is -2.37. The van der Waals surface area contributed by atoms with Crippen molar-refractivity contribution in [2.75, 3.05) is 13.1 Å². The number of halogens is 2. The van der Waals surface area contributed by atoms with Gasteiger partial charge in [-0.1, -0.05) is 27.5 Å². The van der Waals surface area contributed by atoms with Crippen LogP contribution in [0.25, 0.3) is 0 Å². The number of amides is 2. The molecule has 7 heteroatoms.